The number of hydrogen-bond acceptors (Lipinski definition) is 4. The van der Waals surface area contributed by atoms with E-state index in [0.717, 1.165) is 0 Å². The molecule has 0 unspecified atom stereocenters. The van der Waals surface area contributed by atoms with E-state index in [1.54, 1.807) is 13.8 Å². The van der Waals surface area contributed by atoms with Gasteiger partial charge in [0.2, 0.25) is 0 Å². The molecule has 5 nitrogen and oxygen atoms in total. The molecule has 0 atom stereocenters. The van der Waals surface area contributed by atoms with E-state index in [9.17, 15) is 15.2 Å². The Morgan fingerprint density at radius 2 is 2.08 bits per heavy atom. The summed E-state index contributed by atoms with van der Waals surface area (Å²) in [6.45, 7) is 3.21. The first kappa shape index (κ1) is 9.91. The molecule has 0 saturated heterocycles. The van der Waals surface area contributed by atoms with Crippen molar-refractivity contribution >= 4 is 21.6 Å². The molecule has 0 saturated carbocycles. The zero-order chi connectivity index (χ0) is 10.2. The fourth-order valence-corrected chi connectivity index (χ4v) is 1.30. The van der Waals surface area contributed by atoms with E-state index in [4.69, 9.17) is 0 Å². The van der Waals surface area contributed by atoms with Gasteiger partial charge in [-0.15, -0.1) is 0 Å². The first-order chi connectivity index (χ1) is 5.95. The number of halogens is 1. The van der Waals surface area contributed by atoms with Crippen LogP contribution < -0.4 is 0 Å². The molecule has 13 heavy (non-hydrogen) atoms. The maximum Gasteiger partial charge on any atom is 0.334 e. The second-order valence-corrected chi connectivity index (χ2v) is 3.36. The van der Waals surface area contributed by atoms with Crippen LogP contribution >= 0.6 is 15.9 Å². The molecule has 0 aliphatic carbocycles. The summed E-state index contributed by atoms with van der Waals surface area (Å²) in [4.78, 5) is 13.5. The highest BCUT2D eigenvalue weighted by molar-refractivity contribution is 9.10. The lowest BCUT2D eigenvalue weighted by Crippen LogP contribution is -1.97. The lowest BCUT2D eigenvalue weighted by Gasteiger charge is -2.03. The third-order valence-electron chi connectivity index (χ3n) is 1.67. The maximum absolute atomic E-state index is 10.5. The van der Waals surface area contributed by atoms with Crippen LogP contribution in [0.25, 0.3) is 0 Å². The van der Waals surface area contributed by atoms with Gasteiger partial charge in [-0.05, 0) is 29.8 Å². The third kappa shape index (κ3) is 1.62. The summed E-state index contributed by atoms with van der Waals surface area (Å²) in [6, 6.07) is 0. The van der Waals surface area contributed by atoms with Crippen LogP contribution in [0.3, 0.4) is 0 Å². The molecular formula is C7H7BrN2O3. The highest BCUT2D eigenvalue weighted by atomic mass is 79.9. The SMILES string of the molecule is Cc1nc(O)c([N+](=O)[O-])c(C)c1Br. The molecular weight excluding hydrogens is 240 g/mol. The van der Waals surface area contributed by atoms with Gasteiger partial charge in [0.25, 0.3) is 5.88 Å². The molecule has 1 aromatic heterocycles. The van der Waals surface area contributed by atoms with Crippen LogP contribution in [0.4, 0.5) is 5.69 Å². The number of nitrogens with zero attached hydrogens (tertiary/aromatic N) is 2. The van der Waals surface area contributed by atoms with Gasteiger partial charge < -0.3 is 5.11 Å². The predicted octanol–water partition coefficient (Wildman–Crippen LogP) is 2.07. The van der Waals surface area contributed by atoms with Crippen LogP contribution in [0.1, 0.15) is 11.3 Å². The highest BCUT2D eigenvalue weighted by Crippen LogP contribution is 2.33. The monoisotopic (exact) mass is 246 g/mol. The van der Waals surface area contributed by atoms with Gasteiger partial charge in [-0.1, -0.05) is 0 Å². The van der Waals surface area contributed by atoms with Crippen molar-refractivity contribution in [1.82, 2.24) is 4.98 Å². The molecule has 6 heteroatoms. The number of rotatable bonds is 1. The fourth-order valence-electron chi connectivity index (χ4n) is 1.02. The lowest BCUT2D eigenvalue weighted by molar-refractivity contribution is -0.386. The molecule has 0 aliphatic rings. The van der Waals surface area contributed by atoms with Gasteiger partial charge in [0.1, 0.15) is 0 Å². The van der Waals surface area contributed by atoms with Crippen LogP contribution in [-0.4, -0.2) is 15.0 Å². The van der Waals surface area contributed by atoms with Gasteiger partial charge in [-0.2, -0.15) is 0 Å². The second-order valence-electron chi connectivity index (χ2n) is 2.57. The quantitative estimate of drug-likeness (QED) is 0.608. The number of aromatic hydroxyl groups is 1. The van der Waals surface area contributed by atoms with Gasteiger partial charge in [0.15, 0.2) is 0 Å². The largest absolute Gasteiger partial charge is 0.488 e. The zero-order valence-corrected chi connectivity index (χ0v) is 8.62. The van der Waals surface area contributed by atoms with Crippen molar-refractivity contribution in [2.45, 2.75) is 13.8 Å². The van der Waals surface area contributed by atoms with Crippen LogP contribution in [-0.2, 0) is 0 Å². The average Bonchev–Trinajstić information content (AvgIpc) is 1.99. The summed E-state index contributed by atoms with van der Waals surface area (Å²) in [5, 5.41) is 19.7. The van der Waals surface area contributed by atoms with Crippen molar-refractivity contribution in [3.63, 3.8) is 0 Å². The molecule has 70 valence electrons. The number of aryl methyl sites for hydroxylation is 1. The molecule has 0 amide bonds. The van der Waals surface area contributed by atoms with Crippen molar-refractivity contribution in [3.8, 4) is 5.88 Å². The fraction of sp³-hybridized carbons (Fsp3) is 0.286. The lowest BCUT2D eigenvalue weighted by atomic mass is 10.2. The van der Waals surface area contributed by atoms with Crippen molar-refractivity contribution in [2.75, 3.05) is 0 Å². The topological polar surface area (TPSA) is 76.3 Å². The van der Waals surface area contributed by atoms with E-state index in [0.29, 0.717) is 15.7 Å². The molecule has 1 N–H and O–H groups in total. The van der Waals surface area contributed by atoms with Crippen molar-refractivity contribution in [3.05, 3.63) is 25.8 Å². The van der Waals surface area contributed by atoms with Crippen molar-refractivity contribution < 1.29 is 10.0 Å². The van der Waals surface area contributed by atoms with Crippen LogP contribution in [0.15, 0.2) is 4.47 Å². The number of hydrogen-bond donors (Lipinski definition) is 1. The standard InChI is InChI=1S/C7H7BrN2O3/c1-3-5(8)4(2)9-7(11)6(3)10(12)13/h1-2H3,(H,9,11). The molecule has 1 heterocycles. The van der Waals surface area contributed by atoms with Crippen LogP contribution in [0.5, 0.6) is 5.88 Å². The van der Waals surface area contributed by atoms with E-state index in [2.05, 4.69) is 20.9 Å². The Labute approximate surface area is 82.7 Å². The van der Waals surface area contributed by atoms with Gasteiger partial charge in [-0.25, -0.2) is 4.98 Å². The summed E-state index contributed by atoms with van der Waals surface area (Å²) < 4.78 is 0.553. The first-order valence-corrected chi connectivity index (χ1v) is 4.24. The van der Waals surface area contributed by atoms with E-state index in [-0.39, 0.29) is 5.69 Å². The van der Waals surface area contributed by atoms with Gasteiger partial charge in [0.05, 0.1) is 10.6 Å². The minimum Gasteiger partial charge on any atom is -0.488 e. The summed E-state index contributed by atoms with van der Waals surface area (Å²) in [6.07, 6.45) is 0. The maximum atomic E-state index is 10.5. The molecule has 1 aromatic rings. The Balaban J connectivity index is 3.53. The molecule has 0 radical (unpaired) electrons. The van der Waals surface area contributed by atoms with Crippen LogP contribution in [0.2, 0.25) is 0 Å². The number of pyridine rings is 1. The third-order valence-corrected chi connectivity index (χ3v) is 2.84. The predicted molar refractivity (Wildman–Crippen MR) is 49.7 cm³/mol. The molecule has 0 fully saturated rings. The second kappa shape index (κ2) is 3.29. The minimum absolute atomic E-state index is 0.350. The Kier molecular flexibility index (Phi) is 2.51. The number of aromatic nitrogens is 1. The van der Waals surface area contributed by atoms with E-state index in [1.165, 1.54) is 0 Å². The first-order valence-electron chi connectivity index (χ1n) is 3.45. The van der Waals surface area contributed by atoms with E-state index in [1.807, 2.05) is 0 Å². The summed E-state index contributed by atoms with van der Waals surface area (Å²) in [5.41, 5.74) is 0.563. The molecule has 0 aromatic carbocycles. The molecule has 1 rings (SSSR count). The average molecular weight is 247 g/mol. The van der Waals surface area contributed by atoms with Crippen LogP contribution in [0, 0.1) is 24.0 Å². The molecule has 0 bridgehead atoms. The Bertz CT molecular complexity index is 378. The van der Waals surface area contributed by atoms with Crippen molar-refractivity contribution in [1.29, 1.82) is 0 Å². The zero-order valence-electron chi connectivity index (χ0n) is 7.04. The summed E-state index contributed by atoms with van der Waals surface area (Å²) in [5.74, 6) is -0.539. The van der Waals surface area contributed by atoms with Crippen molar-refractivity contribution in [2.24, 2.45) is 0 Å². The van der Waals surface area contributed by atoms with Gasteiger partial charge in [0, 0.05) is 10.0 Å². The van der Waals surface area contributed by atoms with Gasteiger partial charge in [-0.3, -0.25) is 10.1 Å². The smallest absolute Gasteiger partial charge is 0.334 e. The summed E-state index contributed by atoms with van der Waals surface area (Å²) >= 11 is 3.15. The van der Waals surface area contributed by atoms with E-state index >= 15 is 0 Å². The highest BCUT2D eigenvalue weighted by Gasteiger charge is 2.22. The Morgan fingerprint density at radius 3 is 2.54 bits per heavy atom. The Hall–Kier alpha value is -1.17. The minimum atomic E-state index is -0.651. The Morgan fingerprint density at radius 1 is 1.54 bits per heavy atom. The molecule has 0 aliphatic heterocycles. The summed E-state index contributed by atoms with van der Waals surface area (Å²) in [7, 11) is 0. The molecule has 0 spiro atoms. The normalized spacial score (nSPS) is 10.1. The van der Waals surface area contributed by atoms with Gasteiger partial charge >= 0.3 is 5.69 Å². The van der Waals surface area contributed by atoms with E-state index < -0.39 is 10.8 Å². The number of nitro groups is 1.